The molecule has 0 aliphatic rings. The van der Waals surface area contributed by atoms with Crippen molar-refractivity contribution < 1.29 is 0 Å². The molecule has 0 saturated heterocycles. The molecule has 2 heteroatoms. The molecule has 2 aromatic carbocycles. The molecule has 2 unspecified atom stereocenters. The van der Waals surface area contributed by atoms with Crippen LogP contribution in [0, 0.1) is 0 Å². The summed E-state index contributed by atoms with van der Waals surface area (Å²) in [6, 6.07) is 18.0. The maximum atomic E-state index is 6.28. The number of nitrogens with two attached hydrogens (primary N) is 1. The summed E-state index contributed by atoms with van der Waals surface area (Å²) in [5, 5.41) is 0.759. The quantitative estimate of drug-likeness (QED) is 0.864. The van der Waals surface area contributed by atoms with Gasteiger partial charge in [-0.1, -0.05) is 61.0 Å². The van der Waals surface area contributed by atoms with E-state index in [0.29, 0.717) is 0 Å². The van der Waals surface area contributed by atoms with Gasteiger partial charge in [0.1, 0.15) is 0 Å². The van der Waals surface area contributed by atoms with E-state index < -0.39 is 0 Å². The second-order valence-electron chi connectivity index (χ2n) is 4.28. The summed E-state index contributed by atoms with van der Waals surface area (Å²) in [6.45, 7) is 2.13. The fourth-order valence-corrected chi connectivity index (χ4v) is 2.16. The van der Waals surface area contributed by atoms with Crippen LogP contribution in [0.15, 0.2) is 54.6 Å². The van der Waals surface area contributed by atoms with Crippen molar-refractivity contribution in [2.24, 2.45) is 5.73 Å². The van der Waals surface area contributed by atoms with Crippen LogP contribution >= 0.6 is 11.6 Å². The zero-order valence-electron chi connectivity index (χ0n) is 9.81. The van der Waals surface area contributed by atoms with Crippen LogP contribution in [0.3, 0.4) is 0 Å². The normalized spacial score (nSPS) is 14.3. The molecule has 2 aromatic rings. The zero-order chi connectivity index (χ0) is 12.3. The molecule has 0 amide bonds. The smallest absolute Gasteiger partial charge is 0.0408 e. The van der Waals surface area contributed by atoms with Gasteiger partial charge < -0.3 is 5.73 Å². The van der Waals surface area contributed by atoms with Gasteiger partial charge in [-0.3, -0.25) is 0 Å². The van der Waals surface area contributed by atoms with Crippen molar-refractivity contribution in [3.63, 3.8) is 0 Å². The molecule has 17 heavy (non-hydrogen) atoms. The van der Waals surface area contributed by atoms with Gasteiger partial charge in [0, 0.05) is 17.0 Å². The van der Waals surface area contributed by atoms with Crippen molar-refractivity contribution in [3.8, 4) is 0 Å². The van der Waals surface area contributed by atoms with E-state index in [1.54, 1.807) is 0 Å². The molecule has 0 heterocycles. The Hall–Kier alpha value is -1.31. The molecule has 88 valence electrons. The summed E-state index contributed by atoms with van der Waals surface area (Å²) in [5.41, 5.74) is 8.61. The molecule has 0 aromatic heterocycles. The monoisotopic (exact) mass is 245 g/mol. The minimum absolute atomic E-state index is 0.00494. The van der Waals surface area contributed by atoms with Gasteiger partial charge in [0.25, 0.3) is 0 Å². The standard InChI is InChI=1S/C15H16ClN/c1-11(13-8-5-9-14(16)10-13)15(17)12-6-3-2-4-7-12/h2-11,15H,17H2,1H3. The minimum Gasteiger partial charge on any atom is -0.323 e. The molecule has 0 aliphatic carbocycles. The number of halogens is 1. The van der Waals surface area contributed by atoms with E-state index in [9.17, 15) is 0 Å². The van der Waals surface area contributed by atoms with Crippen molar-refractivity contribution in [1.29, 1.82) is 0 Å². The second kappa shape index (κ2) is 5.35. The van der Waals surface area contributed by atoms with Crippen LogP contribution in [0.4, 0.5) is 0 Å². The van der Waals surface area contributed by atoms with E-state index in [-0.39, 0.29) is 12.0 Å². The van der Waals surface area contributed by atoms with Gasteiger partial charge in [0.2, 0.25) is 0 Å². The lowest BCUT2D eigenvalue weighted by atomic mass is 9.89. The van der Waals surface area contributed by atoms with Gasteiger partial charge in [0.15, 0.2) is 0 Å². The molecule has 0 radical (unpaired) electrons. The average molecular weight is 246 g/mol. The van der Waals surface area contributed by atoms with E-state index in [2.05, 4.69) is 25.1 Å². The van der Waals surface area contributed by atoms with Crippen LogP contribution in [0.5, 0.6) is 0 Å². The Labute approximate surface area is 107 Å². The molecule has 2 N–H and O–H groups in total. The van der Waals surface area contributed by atoms with Gasteiger partial charge in [-0.05, 0) is 23.3 Å². The predicted molar refractivity (Wildman–Crippen MR) is 73.2 cm³/mol. The van der Waals surface area contributed by atoms with E-state index in [1.807, 2.05) is 36.4 Å². The van der Waals surface area contributed by atoms with E-state index in [1.165, 1.54) is 5.56 Å². The summed E-state index contributed by atoms with van der Waals surface area (Å²) in [4.78, 5) is 0. The van der Waals surface area contributed by atoms with Crippen LogP contribution in [0.1, 0.15) is 30.0 Å². The fraction of sp³-hybridized carbons (Fsp3) is 0.200. The highest BCUT2D eigenvalue weighted by atomic mass is 35.5. The highest BCUT2D eigenvalue weighted by molar-refractivity contribution is 6.30. The first-order valence-electron chi connectivity index (χ1n) is 5.74. The lowest BCUT2D eigenvalue weighted by Crippen LogP contribution is -2.17. The average Bonchev–Trinajstić information content (AvgIpc) is 2.38. The van der Waals surface area contributed by atoms with Crippen LogP contribution in [-0.4, -0.2) is 0 Å². The second-order valence-corrected chi connectivity index (χ2v) is 4.72. The molecular formula is C15H16ClN. The molecule has 1 nitrogen and oxygen atoms in total. The highest BCUT2D eigenvalue weighted by Gasteiger charge is 2.16. The Bertz CT molecular complexity index is 481. The molecule has 0 spiro atoms. The summed E-state index contributed by atoms with van der Waals surface area (Å²) in [7, 11) is 0. The Morgan fingerprint density at radius 1 is 0.941 bits per heavy atom. The topological polar surface area (TPSA) is 26.0 Å². The predicted octanol–water partition coefficient (Wildman–Crippen LogP) is 4.14. The Balaban J connectivity index is 2.23. The van der Waals surface area contributed by atoms with Crippen molar-refractivity contribution in [2.75, 3.05) is 0 Å². The molecule has 0 saturated carbocycles. The molecule has 0 aliphatic heterocycles. The Morgan fingerprint density at radius 2 is 1.59 bits per heavy atom. The maximum absolute atomic E-state index is 6.28. The third-order valence-corrected chi connectivity index (χ3v) is 3.33. The lowest BCUT2D eigenvalue weighted by molar-refractivity contribution is 0.598. The number of rotatable bonds is 3. The largest absolute Gasteiger partial charge is 0.323 e. The van der Waals surface area contributed by atoms with Gasteiger partial charge >= 0.3 is 0 Å². The van der Waals surface area contributed by atoms with Crippen LogP contribution < -0.4 is 5.73 Å². The summed E-state index contributed by atoms with van der Waals surface area (Å²) in [6.07, 6.45) is 0. The van der Waals surface area contributed by atoms with Gasteiger partial charge in [-0.2, -0.15) is 0 Å². The van der Waals surface area contributed by atoms with Gasteiger partial charge in [-0.15, -0.1) is 0 Å². The van der Waals surface area contributed by atoms with Crippen molar-refractivity contribution in [1.82, 2.24) is 0 Å². The first-order chi connectivity index (χ1) is 8.18. The lowest BCUT2D eigenvalue weighted by Gasteiger charge is -2.20. The minimum atomic E-state index is -0.00494. The number of benzene rings is 2. The highest BCUT2D eigenvalue weighted by Crippen LogP contribution is 2.29. The first kappa shape index (κ1) is 12.2. The molecule has 0 bridgehead atoms. The third-order valence-electron chi connectivity index (χ3n) is 3.10. The van der Waals surface area contributed by atoms with Gasteiger partial charge in [0.05, 0.1) is 0 Å². The van der Waals surface area contributed by atoms with Crippen LogP contribution in [0.25, 0.3) is 0 Å². The third kappa shape index (κ3) is 2.87. The fourth-order valence-electron chi connectivity index (χ4n) is 1.96. The van der Waals surface area contributed by atoms with E-state index in [0.717, 1.165) is 10.6 Å². The van der Waals surface area contributed by atoms with Crippen molar-refractivity contribution >= 4 is 11.6 Å². The van der Waals surface area contributed by atoms with Crippen molar-refractivity contribution in [3.05, 3.63) is 70.7 Å². The van der Waals surface area contributed by atoms with Crippen molar-refractivity contribution in [2.45, 2.75) is 18.9 Å². The summed E-state index contributed by atoms with van der Waals surface area (Å²) in [5.74, 6) is 0.246. The summed E-state index contributed by atoms with van der Waals surface area (Å²) < 4.78 is 0. The molecule has 2 rings (SSSR count). The SMILES string of the molecule is CC(c1cccc(Cl)c1)C(N)c1ccccc1. The number of hydrogen-bond acceptors (Lipinski definition) is 1. The Kier molecular flexibility index (Phi) is 3.82. The number of hydrogen-bond donors (Lipinski definition) is 1. The molecule has 0 fully saturated rings. The maximum Gasteiger partial charge on any atom is 0.0408 e. The summed E-state index contributed by atoms with van der Waals surface area (Å²) >= 11 is 6.00. The van der Waals surface area contributed by atoms with Crippen LogP contribution in [0.2, 0.25) is 5.02 Å². The van der Waals surface area contributed by atoms with Gasteiger partial charge in [-0.25, -0.2) is 0 Å². The molecular weight excluding hydrogens is 230 g/mol. The van der Waals surface area contributed by atoms with Crippen LogP contribution in [-0.2, 0) is 0 Å². The first-order valence-corrected chi connectivity index (χ1v) is 6.12. The van der Waals surface area contributed by atoms with E-state index in [4.69, 9.17) is 17.3 Å². The zero-order valence-corrected chi connectivity index (χ0v) is 10.6. The Morgan fingerprint density at radius 3 is 2.24 bits per heavy atom. The molecule has 2 atom stereocenters. The van der Waals surface area contributed by atoms with E-state index >= 15 is 0 Å².